The van der Waals surface area contributed by atoms with E-state index >= 15 is 0 Å². The van der Waals surface area contributed by atoms with Crippen LogP contribution in [0.15, 0.2) is 35.2 Å². The second-order valence-electron chi connectivity index (χ2n) is 4.84. The molecule has 0 saturated heterocycles. The highest BCUT2D eigenvalue weighted by atomic mass is 32.2. The topological polar surface area (TPSA) is 90.9 Å². The Hall–Kier alpha value is -1.77. The van der Waals surface area contributed by atoms with Crippen LogP contribution in [0.2, 0.25) is 0 Å². The van der Waals surface area contributed by atoms with Gasteiger partial charge >= 0.3 is 5.97 Å². The second kappa shape index (κ2) is 11.7. The standard InChI is InChI=1S/C16H23NO6S/c1-21-9-10-23-12-15(18)17-14(16(19)22-2)8-11-24(20)13-6-4-3-5-7-13/h3-7,14H,8-12H2,1-2H3,(H,17,18)/t14-,24-/m1/s1. The van der Waals surface area contributed by atoms with Crippen molar-refractivity contribution >= 4 is 22.7 Å². The molecule has 0 fully saturated rings. The molecule has 0 saturated carbocycles. The number of carbonyl (C=O) groups is 2. The van der Waals surface area contributed by atoms with E-state index in [1.54, 1.807) is 24.3 Å². The number of methoxy groups -OCH3 is 2. The number of benzene rings is 1. The molecule has 1 aromatic carbocycles. The van der Waals surface area contributed by atoms with E-state index in [0.717, 1.165) is 0 Å². The van der Waals surface area contributed by atoms with E-state index in [1.165, 1.54) is 14.2 Å². The number of amides is 1. The number of rotatable bonds is 11. The fourth-order valence-corrected chi connectivity index (χ4v) is 3.00. The van der Waals surface area contributed by atoms with Crippen LogP contribution >= 0.6 is 0 Å². The summed E-state index contributed by atoms with van der Waals surface area (Å²) in [6, 6.07) is 8.08. The fraction of sp³-hybridized carbons (Fsp3) is 0.500. The van der Waals surface area contributed by atoms with E-state index < -0.39 is 28.7 Å². The van der Waals surface area contributed by atoms with Crippen molar-refractivity contribution in [2.75, 3.05) is 39.8 Å². The normalized spacial score (nSPS) is 13.1. The number of hydrogen-bond acceptors (Lipinski definition) is 6. The predicted molar refractivity (Wildman–Crippen MR) is 89.0 cm³/mol. The molecule has 0 aliphatic carbocycles. The lowest BCUT2D eigenvalue weighted by Gasteiger charge is -2.16. The van der Waals surface area contributed by atoms with Crippen LogP contribution in [-0.2, 0) is 34.6 Å². The van der Waals surface area contributed by atoms with Gasteiger partial charge in [-0.2, -0.15) is 0 Å². The molecule has 134 valence electrons. The van der Waals surface area contributed by atoms with Crippen LogP contribution in [-0.4, -0.2) is 61.9 Å². The minimum Gasteiger partial charge on any atom is -0.467 e. The Morgan fingerprint density at radius 1 is 1.17 bits per heavy atom. The first-order valence-electron chi connectivity index (χ1n) is 7.45. The van der Waals surface area contributed by atoms with Crippen LogP contribution < -0.4 is 5.32 Å². The van der Waals surface area contributed by atoms with Crippen molar-refractivity contribution < 1.29 is 28.0 Å². The third kappa shape index (κ3) is 7.67. The van der Waals surface area contributed by atoms with E-state index in [9.17, 15) is 13.8 Å². The maximum Gasteiger partial charge on any atom is 0.328 e. The molecule has 0 aliphatic rings. The monoisotopic (exact) mass is 357 g/mol. The van der Waals surface area contributed by atoms with Gasteiger partial charge in [0.15, 0.2) is 0 Å². The quantitative estimate of drug-likeness (QED) is 0.458. The molecule has 0 unspecified atom stereocenters. The van der Waals surface area contributed by atoms with Crippen LogP contribution in [0.4, 0.5) is 0 Å². The van der Waals surface area contributed by atoms with Crippen molar-refractivity contribution in [1.29, 1.82) is 0 Å². The number of carbonyl (C=O) groups excluding carboxylic acids is 2. The molecule has 0 heterocycles. The lowest BCUT2D eigenvalue weighted by Crippen LogP contribution is -2.44. The third-order valence-corrected chi connectivity index (χ3v) is 4.49. The summed E-state index contributed by atoms with van der Waals surface area (Å²) in [5.41, 5.74) is 0. The molecule has 1 rings (SSSR count). The van der Waals surface area contributed by atoms with Crippen molar-refractivity contribution in [3.8, 4) is 0 Å². The Labute approximate surface area is 144 Å². The molecule has 0 aromatic heterocycles. The Morgan fingerprint density at radius 3 is 2.50 bits per heavy atom. The van der Waals surface area contributed by atoms with E-state index in [1.807, 2.05) is 6.07 Å². The van der Waals surface area contributed by atoms with Gasteiger partial charge in [0.05, 0.1) is 31.1 Å². The van der Waals surface area contributed by atoms with Crippen LogP contribution in [0.3, 0.4) is 0 Å². The van der Waals surface area contributed by atoms with Crippen molar-refractivity contribution in [1.82, 2.24) is 5.32 Å². The van der Waals surface area contributed by atoms with Gasteiger partial charge in [-0.25, -0.2) is 4.79 Å². The van der Waals surface area contributed by atoms with Crippen molar-refractivity contribution in [2.45, 2.75) is 17.4 Å². The Bertz CT molecular complexity index is 537. The lowest BCUT2D eigenvalue weighted by atomic mass is 10.2. The fourth-order valence-electron chi connectivity index (χ4n) is 1.85. The van der Waals surface area contributed by atoms with E-state index in [0.29, 0.717) is 11.5 Å². The third-order valence-electron chi connectivity index (χ3n) is 3.08. The molecular formula is C16H23NO6S. The number of nitrogens with one attached hydrogen (secondary N) is 1. The van der Waals surface area contributed by atoms with E-state index in [2.05, 4.69) is 10.1 Å². The molecule has 8 heteroatoms. The largest absolute Gasteiger partial charge is 0.467 e. The predicted octanol–water partition coefficient (Wildman–Crippen LogP) is 0.505. The van der Waals surface area contributed by atoms with Crippen LogP contribution in [0.1, 0.15) is 6.42 Å². The summed E-state index contributed by atoms with van der Waals surface area (Å²) in [5, 5.41) is 2.54. The molecule has 0 spiro atoms. The van der Waals surface area contributed by atoms with Gasteiger partial charge in [-0.05, 0) is 18.6 Å². The molecule has 0 radical (unpaired) electrons. The molecule has 2 atom stereocenters. The van der Waals surface area contributed by atoms with Crippen LogP contribution in [0.25, 0.3) is 0 Å². The molecule has 1 amide bonds. The summed E-state index contributed by atoms with van der Waals surface area (Å²) in [6.45, 7) is 0.479. The number of hydrogen-bond donors (Lipinski definition) is 1. The zero-order valence-electron chi connectivity index (χ0n) is 13.9. The first-order valence-corrected chi connectivity index (χ1v) is 8.77. The molecule has 7 nitrogen and oxygen atoms in total. The highest BCUT2D eigenvalue weighted by molar-refractivity contribution is 7.85. The van der Waals surface area contributed by atoms with Crippen molar-refractivity contribution in [2.24, 2.45) is 0 Å². The average molecular weight is 357 g/mol. The first kappa shape index (κ1) is 20.3. The van der Waals surface area contributed by atoms with Gasteiger partial charge < -0.3 is 19.5 Å². The molecule has 0 aliphatic heterocycles. The summed E-state index contributed by atoms with van der Waals surface area (Å²) < 4.78 is 26.8. The summed E-state index contributed by atoms with van der Waals surface area (Å²) in [5.74, 6) is -0.786. The Kier molecular flexibility index (Phi) is 9.90. The molecular weight excluding hydrogens is 334 g/mol. The lowest BCUT2D eigenvalue weighted by molar-refractivity contribution is -0.145. The molecule has 1 N–H and O–H groups in total. The van der Waals surface area contributed by atoms with Gasteiger partial charge in [-0.3, -0.25) is 9.00 Å². The number of esters is 1. The van der Waals surface area contributed by atoms with Gasteiger partial charge in [0, 0.05) is 17.8 Å². The second-order valence-corrected chi connectivity index (χ2v) is 6.41. The van der Waals surface area contributed by atoms with Gasteiger partial charge in [-0.1, -0.05) is 18.2 Å². The average Bonchev–Trinajstić information content (AvgIpc) is 2.62. The smallest absolute Gasteiger partial charge is 0.328 e. The highest BCUT2D eigenvalue weighted by Gasteiger charge is 2.22. The van der Waals surface area contributed by atoms with E-state index in [-0.39, 0.29) is 25.4 Å². The molecule has 0 bridgehead atoms. The molecule has 1 aromatic rings. The summed E-state index contributed by atoms with van der Waals surface area (Å²) in [6.07, 6.45) is 0.206. The zero-order valence-corrected chi connectivity index (χ0v) is 14.7. The summed E-state index contributed by atoms with van der Waals surface area (Å²) in [7, 11) is 1.52. The van der Waals surface area contributed by atoms with Gasteiger partial charge in [0.1, 0.15) is 12.6 Å². The Morgan fingerprint density at radius 2 is 1.88 bits per heavy atom. The zero-order chi connectivity index (χ0) is 17.8. The van der Waals surface area contributed by atoms with Crippen molar-refractivity contribution in [3.05, 3.63) is 30.3 Å². The Balaban J connectivity index is 2.49. The maximum atomic E-state index is 12.2. The SMILES string of the molecule is COCCOCC(=O)N[C@H](CC[S@@](=O)c1ccccc1)C(=O)OC. The van der Waals surface area contributed by atoms with Gasteiger partial charge in [0.25, 0.3) is 0 Å². The van der Waals surface area contributed by atoms with Crippen LogP contribution in [0, 0.1) is 0 Å². The summed E-state index contributed by atoms with van der Waals surface area (Å²) in [4.78, 5) is 24.2. The minimum atomic E-state index is -1.25. The van der Waals surface area contributed by atoms with E-state index in [4.69, 9.17) is 9.47 Å². The molecule has 24 heavy (non-hydrogen) atoms. The highest BCUT2D eigenvalue weighted by Crippen LogP contribution is 2.08. The maximum absolute atomic E-state index is 12.2. The summed E-state index contributed by atoms with van der Waals surface area (Å²) >= 11 is 0. The van der Waals surface area contributed by atoms with Gasteiger partial charge in [0.2, 0.25) is 5.91 Å². The minimum absolute atomic E-state index is 0.182. The van der Waals surface area contributed by atoms with Crippen molar-refractivity contribution in [3.63, 3.8) is 0 Å². The first-order chi connectivity index (χ1) is 11.6. The number of ether oxygens (including phenoxy) is 3. The van der Waals surface area contributed by atoms with Crippen LogP contribution in [0.5, 0.6) is 0 Å². The van der Waals surface area contributed by atoms with Gasteiger partial charge in [-0.15, -0.1) is 0 Å².